The highest BCUT2D eigenvalue weighted by atomic mass is 16.5. The van der Waals surface area contributed by atoms with E-state index in [0.29, 0.717) is 13.2 Å². The van der Waals surface area contributed by atoms with Gasteiger partial charge in [0.15, 0.2) is 0 Å². The van der Waals surface area contributed by atoms with Gasteiger partial charge in [-0.05, 0) is 24.6 Å². The highest BCUT2D eigenvalue weighted by molar-refractivity contribution is 5.30. The Morgan fingerprint density at radius 1 is 1.43 bits per heavy atom. The smallest absolute Gasteiger partial charge is 0.119 e. The predicted molar refractivity (Wildman–Crippen MR) is 56.4 cm³/mol. The van der Waals surface area contributed by atoms with Crippen molar-refractivity contribution < 1.29 is 9.47 Å². The molecule has 0 heterocycles. The van der Waals surface area contributed by atoms with Crippen LogP contribution in [0.1, 0.15) is 18.6 Å². The summed E-state index contributed by atoms with van der Waals surface area (Å²) in [7, 11) is 1.66. The Balaban J connectivity index is 2.81. The molecule has 0 fully saturated rings. The molecule has 0 amide bonds. The minimum Gasteiger partial charge on any atom is -0.494 e. The fourth-order valence-corrected chi connectivity index (χ4v) is 1.34. The van der Waals surface area contributed by atoms with E-state index in [-0.39, 0.29) is 6.10 Å². The van der Waals surface area contributed by atoms with Crippen molar-refractivity contribution in [2.45, 2.75) is 13.0 Å². The van der Waals surface area contributed by atoms with Crippen LogP contribution in [-0.4, -0.2) is 20.3 Å². The maximum atomic E-state index is 5.57. The molecule has 2 N–H and O–H groups in total. The topological polar surface area (TPSA) is 44.5 Å². The minimum absolute atomic E-state index is 0.0459. The molecule has 0 aliphatic carbocycles. The van der Waals surface area contributed by atoms with Crippen LogP contribution in [0.25, 0.3) is 0 Å². The highest BCUT2D eigenvalue weighted by Gasteiger charge is 2.08. The van der Waals surface area contributed by atoms with Gasteiger partial charge >= 0.3 is 0 Å². The summed E-state index contributed by atoms with van der Waals surface area (Å²) in [6, 6.07) is 7.83. The van der Waals surface area contributed by atoms with Gasteiger partial charge in [0.05, 0.1) is 12.7 Å². The molecule has 0 radical (unpaired) electrons. The summed E-state index contributed by atoms with van der Waals surface area (Å²) >= 11 is 0. The number of hydrogen-bond acceptors (Lipinski definition) is 3. The van der Waals surface area contributed by atoms with Crippen LogP contribution in [0, 0.1) is 0 Å². The lowest BCUT2D eigenvalue weighted by atomic mass is 10.1. The second-order valence-corrected chi connectivity index (χ2v) is 2.97. The van der Waals surface area contributed by atoms with E-state index in [0.717, 1.165) is 11.3 Å². The van der Waals surface area contributed by atoms with E-state index in [1.54, 1.807) is 7.11 Å². The van der Waals surface area contributed by atoms with Crippen LogP contribution < -0.4 is 10.5 Å². The second-order valence-electron chi connectivity index (χ2n) is 2.97. The molecule has 0 saturated heterocycles. The van der Waals surface area contributed by atoms with Gasteiger partial charge in [0.25, 0.3) is 0 Å². The lowest BCUT2D eigenvalue weighted by molar-refractivity contribution is 0.110. The zero-order valence-electron chi connectivity index (χ0n) is 8.69. The Hall–Kier alpha value is -1.06. The van der Waals surface area contributed by atoms with Crippen LogP contribution in [0.15, 0.2) is 24.3 Å². The molecule has 1 rings (SSSR count). The van der Waals surface area contributed by atoms with E-state index in [1.807, 2.05) is 31.2 Å². The van der Waals surface area contributed by atoms with E-state index < -0.39 is 0 Å². The van der Waals surface area contributed by atoms with Crippen LogP contribution in [0.5, 0.6) is 5.75 Å². The van der Waals surface area contributed by atoms with Gasteiger partial charge in [0.2, 0.25) is 0 Å². The van der Waals surface area contributed by atoms with Gasteiger partial charge < -0.3 is 15.2 Å². The molecule has 0 aliphatic heterocycles. The number of rotatable bonds is 5. The molecular formula is C11H17NO2. The molecule has 1 aromatic carbocycles. The number of hydrogen-bond donors (Lipinski definition) is 1. The molecular weight excluding hydrogens is 178 g/mol. The second kappa shape index (κ2) is 5.62. The zero-order chi connectivity index (χ0) is 10.4. The monoisotopic (exact) mass is 195 g/mol. The largest absolute Gasteiger partial charge is 0.494 e. The lowest BCUT2D eigenvalue weighted by Gasteiger charge is -2.14. The molecule has 14 heavy (non-hydrogen) atoms. The first-order valence-electron chi connectivity index (χ1n) is 4.77. The highest BCUT2D eigenvalue weighted by Crippen LogP contribution is 2.20. The van der Waals surface area contributed by atoms with Crippen molar-refractivity contribution in [2.75, 3.05) is 20.3 Å². The van der Waals surface area contributed by atoms with Crippen LogP contribution in [0.4, 0.5) is 0 Å². The summed E-state index contributed by atoms with van der Waals surface area (Å²) in [5, 5.41) is 0. The molecule has 3 heteroatoms. The first kappa shape index (κ1) is 11.0. The Bertz CT molecular complexity index is 272. The predicted octanol–water partition coefficient (Wildman–Crippen LogP) is 1.73. The zero-order valence-corrected chi connectivity index (χ0v) is 8.69. The van der Waals surface area contributed by atoms with Crippen LogP contribution in [-0.2, 0) is 4.74 Å². The van der Waals surface area contributed by atoms with E-state index in [9.17, 15) is 0 Å². The van der Waals surface area contributed by atoms with Gasteiger partial charge in [-0.25, -0.2) is 0 Å². The lowest BCUT2D eigenvalue weighted by Crippen LogP contribution is -2.14. The number of methoxy groups -OCH3 is 1. The van der Waals surface area contributed by atoms with Gasteiger partial charge in [-0.2, -0.15) is 0 Å². The molecule has 0 aliphatic rings. The molecule has 0 bridgehead atoms. The van der Waals surface area contributed by atoms with E-state index in [1.165, 1.54) is 0 Å². The molecule has 78 valence electrons. The van der Waals surface area contributed by atoms with Crippen LogP contribution in [0.3, 0.4) is 0 Å². The van der Waals surface area contributed by atoms with E-state index in [2.05, 4.69) is 0 Å². The van der Waals surface area contributed by atoms with Crippen molar-refractivity contribution >= 4 is 0 Å². The average Bonchev–Trinajstić information content (AvgIpc) is 2.21. The Morgan fingerprint density at radius 2 is 2.21 bits per heavy atom. The van der Waals surface area contributed by atoms with Gasteiger partial charge in [0, 0.05) is 13.7 Å². The van der Waals surface area contributed by atoms with Crippen molar-refractivity contribution in [1.82, 2.24) is 0 Å². The first-order valence-corrected chi connectivity index (χ1v) is 4.77. The van der Waals surface area contributed by atoms with Crippen molar-refractivity contribution in [3.05, 3.63) is 29.8 Å². The third-order valence-corrected chi connectivity index (χ3v) is 2.04. The van der Waals surface area contributed by atoms with Gasteiger partial charge in [0.1, 0.15) is 5.75 Å². The number of nitrogens with two attached hydrogens (primary N) is 1. The molecule has 0 aromatic heterocycles. The number of ether oxygens (including phenoxy) is 2. The van der Waals surface area contributed by atoms with Crippen molar-refractivity contribution in [3.63, 3.8) is 0 Å². The van der Waals surface area contributed by atoms with Gasteiger partial charge in [-0.15, -0.1) is 0 Å². The summed E-state index contributed by atoms with van der Waals surface area (Å²) in [5.74, 6) is 0.862. The van der Waals surface area contributed by atoms with E-state index >= 15 is 0 Å². The summed E-state index contributed by atoms with van der Waals surface area (Å²) in [6.45, 7) is 3.11. The molecule has 0 spiro atoms. The van der Waals surface area contributed by atoms with E-state index in [4.69, 9.17) is 15.2 Å². The third kappa shape index (κ3) is 2.72. The van der Waals surface area contributed by atoms with Gasteiger partial charge in [-0.3, -0.25) is 0 Å². The molecule has 1 aromatic rings. The van der Waals surface area contributed by atoms with Gasteiger partial charge in [-0.1, -0.05) is 12.1 Å². The normalized spacial score (nSPS) is 12.5. The maximum absolute atomic E-state index is 5.57. The fourth-order valence-electron chi connectivity index (χ4n) is 1.34. The molecule has 1 atom stereocenters. The minimum atomic E-state index is -0.0459. The summed E-state index contributed by atoms with van der Waals surface area (Å²) in [4.78, 5) is 0. The molecule has 3 nitrogen and oxygen atoms in total. The standard InChI is InChI=1S/C11H17NO2/c1-3-14-10-6-4-5-9(7-10)11(8-12)13-2/h4-7,11H,3,8,12H2,1-2H3. The SMILES string of the molecule is CCOc1cccc(C(CN)OC)c1. The summed E-state index contributed by atoms with van der Waals surface area (Å²) in [6.07, 6.45) is -0.0459. The Morgan fingerprint density at radius 3 is 2.79 bits per heavy atom. The Labute approximate surface area is 84.8 Å². The summed E-state index contributed by atoms with van der Waals surface area (Å²) < 4.78 is 10.6. The number of benzene rings is 1. The maximum Gasteiger partial charge on any atom is 0.119 e. The fraction of sp³-hybridized carbons (Fsp3) is 0.455. The molecule has 0 saturated carbocycles. The summed E-state index contributed by atoms with van der Waals surface area (Å²) in [5.41, 5.74) is 6.63. The average molecular weight is 195 g/mol. The van der Waals surface area contributed by atoms with Crippen molar-refractivity contribution in [2.24, 2.45) is 5.73 Å². The van der Waals surface area contributed by atoms with Crippen molar-refractivity contribution in [3.8, 4) is 5.75 Å². The molecule has 1 unspecified atom stereocenters. The van der Waals surface area contributed by atoms with Crippen LogP contribution >= 0.6 is 0 Å². The third-order valence-electron chi connectivity index (χ3n) is 2.04. The quantitative estimate of drug-likeness (QED) is 0.778. The van der Waals surface area contributed by atoms with Crippen LogP contribution in [0.2, 0.25) is 0 Å². The van der Waals surface area contributed by atoms with Crippen molar-refractivity contribution in [1.29, 1.82) is 0 Å². The Kier molecular flexibility index (Phi) is 4.43. The first-order chi connectivity index (χ1) is 6.81.